The number of hydrogen-bond donors (Lipinski definition) is 1. The Kier molecular flexibility index (Phi) is 5.33. The maximum Gasteiger partial charge on any atom is 0.253 e. The van der Waals surface area contributed by atoms with Gasteiger partial charge in [-0.3, -0.25) is 14.5 Å². The lowest BCUT2D eigenvalue weighted by molar-refractivity contribution is -0.126. The zero-order chi connectivity index (χ0) is 15.2. The van der Waals surface area contributed by atoms with E-state index in [1.54, 1.807) is 0 Å². The van der Waals surface area contributed by atoms with Crippen molar-refractivity contribution in [2.24, 2.45) is 0 Å². The van der Waals surface area contributed by atoms with Gasteiger partial charge < -0.3 is 10.2 Å². The van der Waals surface area contributed by atoms with Crippen LogP contribution in [0.5, 0.6) is 0 Å². The van der Waals surface area contributed by atoms with Crippen LogP contribution in [0, 0.1) is 0 Å². The fraction of sp³-hybridized carbons (Fsp3) is 0.500. The van der Waals surface area contributed by atoms with E-state index in [0.29, 0.717) is 19.6 Å². The van der Waals surface area contributed by atoms with Gasteiger partial charge in [-0.1, -0.05) is 18.2 Å². The van der Waals surface area contributed by atoms with E-state index in [1.165, 1.54) is 0 Å². The lowest BCUT2D eigenvalue weighted by atomic mass is 10.1. The molecule has 21 heavy (non-hydrogen) atoms. The highest BCUT2D eigenvalue weighted by molar-refractivity contribution is 5.94. The van der Waals surface area contributed by atoms with Gasteiger partial charge in [0.2, 0.25) is 5.91 Å². The Morgan fingerprint density at radius 3 is 2.33 bits per heavy atom. The van der Waals surface area contributed by atoms with Gasteiger partial charge in [0, 0.05) is 38.3 Å². The Morgan fingerprint density at radius 2 is 1.76 bits per heavy atom. The molecule has 5 heteroatoms. The number of likely N-dealkylation sites (N-methyl/N-ethyl adjacent to an activating group) is 1. The van der Waals surface area contributed by atoms with Crippen LogP contribution in [0.15, 0.2) is 30.3 Å². The SMILES string of the molecule is CCNC(=O)[C@H](C)N1CCN(C(=O)c2ccccc2)CC1. The van der Waals surface area contributed by atoms with Crippen molar-refractivity contribution in [3.8, 4) is 0 Å². The third-order valence-corrected chi connectivity index (χ3v) is 3.90. The van der Waals surface area contributed by atoms with E-state index in [2.05, 4.69) is 10.2 Å². The summed E-state index contributed by atoms with van der Waals surface area (Å²) < 4.78 is 0. The first-order chi connectivity index (χ1) is 10.1. The second-order valence-electron chi connectivity index (χ2n) is 5.26. The average molecular weight is 289 g/mol. The summed E-state index contributed by atoms with van der Waals surface area (Å²) in [5.74, 6) is 0.126. The number of carbonyl (C=O) groups is 2. The zero-order valence-corrected chi connectivity index (χ0v) is 12.7. The minimum atomic E-state index is -0.140. The summed E-state index contributed by atoms with van der Waals surface area (Å²) in [6, 6.07) is 9.20. The number of nitrogens with one attached hydrogen (secondary N) is 1. The smallest absolute Gasteiger partial charge is 0.253 e. The molecule has 1 fully saturated rings. The third kappa shape index (κ3) is 3.82. The van der Waals surface area contributed by atoms with Gasteiger partial charge >= 0.3 is 0 Å². The van der Waals surface area contributed by atoms with Crippen molar-refractivity contribution in [2.45, 2.75) is 19.9 Å². The summed E-state index contributed by atoms with van der Waals surface area (Å²) in [4.78, 5) is 28.2. The van der Waals surface area contributed by atoms with Gasteiger partial charge in [-0.2, -0.15) is 0 Å². The van der Waals surface area contributed by atoms with E-state index in [4.69, 9.17) is 0 Å². The van der Waals surface area contributed by atoms with Crippen LogP contribution in [-0.2, 0) is 4.79 Å². The summed E-state index contributed by atoms with van der Waals surface area (Å²) in [6.45, 7) is 7.28. The van der Waals surface area contributed by atoms with Crippen LogP contribution in [0.25, 0.3) is 0 Å². The van der Waals surface area contributed by atoms with E-state index in [9.17, 15) is 9.59 Å². The number of hydrogen-bond acceptors (Lipinski definition) is 3. The molecule has 1 aromatic rings. The molecule has 1 N–H and O–H groups in total. The molecule has 0 bridgehead atoms. The Balaban J connectivity index is 1.88. The molecule has 114 valence electrons. The number of piperazine rings is 1. The molecule has 1 aliphatic heterocycles. The van der Waals surface area contributed by atoms with Crippen molar-refractivity contribution in [1.82, 2.24) is 15.1 Å². The average Bonchev–Trinajstić information content (AvgIpc) is 2.54. The van der Waals surface area contributed by atoms with Crippen molar-refractivity contribution < 1.29 is 9.59 Å². The highest BCUT2D eigenvalue weighted by Gasteiger charge is 2.27. The van der Waals surface area contributed by atoms with Crippen LogP contribution in [0.3, 0.4) is 0 Å². The van der Waals surface area contributed by atoms with Crippen LogP contribution >= 0.6 is 0 Å². The summed E-state index contributed by atoms with van der Waals surface area (Å²) in [5.41, 5.74) is 0.725. The normalized spacial score (nSPS) is 17.3. The number of rotatable bonds is 4. The maximum absolute atomic E-state index is 12.3. The van der Waals surface area contributed by atoms with Crippen molar-refractivity contribution >= 4 is 11.8 Å². The molecule has 1 heterocycles. The molecule has 5 nitrogen and oxygen atoms in total. The highest BCUT2D eigenvalue weighted by Crippen LogP contribution is 2.10. The van der Waals surface area contributed by atoms with Crippen LogP contribution in [0.1, 0.15) is 24.2 Å². The fourth-order valence-electron chi connectivity index (χ4n) is 2.56. The highest BCUT2D eigenvalue weighted by atomic mass is 16.2. The topological polar surface area (TPSA) is 52.7 Å². The summed E-state index contributed by atoms with van der Waals surface area (Å²) >= 11 is 0. The van der Waals surface area contributed by atoms with Crippen LogP contribution < -0.4 is 5.32 Å². The molecule has 1 atom stereocenters. The summed E-state index contributed by atoms with van der Waals surface area (Å²) in [6.07, 6.45) is 0. The monoisotopic (exact) mass is 289 g/mol. The predicted octanol–water partition coefficient (Wildman–Crippen LogP) is 0.969. The molecule has 2 amide bonds. The van der Waals surface area contributed by atoms with Gasteiger partial charge in [-0.15, -0.1) is 0 Å². The molecule has 0 unspecified atom stereocenters. The molecule has 1 saturated heterocycles. The van der Waals surface area contributed by atoms with Crippen LogP contribution in [0.2, 0.25) is 0 Å². The third-order valence-electron chi connectivity index (χ3n) is 3.90. The lowest BCUT2D eigenvalue weighted by Gasteiger charge is -2.37. The largest absolute Gasteiger partial charge is 0.355 e. The molecule has 0 aliphatic carbocycles. The minimum absolute atomic E-state index is 0.0559. The molecule has 0 saturated carbocycles. The molecule has 2 rings (SSSR count). The number of benzene rings is 1. The number of amides is 2. The van der Waals surface area contributed by atoms with Gasteiger partial charge in [0.25, 0.3) is 5.91 Å². The second-order valence-corrected chi connectivity index (χ2v) is 5.26. The van der Waals surface area contributed by atoms with E-state index >= 15 is 0 Å². The molecule has 0 radical (unpaired) electrons. The van der Waals surface area contributed by atoms with Crippen molar-refractivity contribution in [3.63, 3.8) is 0 Å². The molecular formula is C16H23N3O2. The lowest BCUT2D eigenvalue weighted by Crippen LogP contribution is -2.54. The first-order valence-corrected chi connectivity index (χ1v) is 7.49. The van der Waals surface area contributed by atoms with Gasteiger partial charge in [-0.05, 0) is 26.0 Å². The summed E-state index contributed by atoms with van der Waals surface area (Å²) in [5, 5.41) is 2.84. The van der Waals surface area contributed by atoms with E-state index in [0.717, 1.165) is 18.7 Å². The first-order valence-electron chi connectivity index (χ1n) is 7.49. The minimum Gasteiger partial charge on any atom is -0.355 e. The predicted molar refractivity (Wildman–Crippen MR) is 82.1 cm³/mol. The Bertz CT molecular complexity index is 482. The Morgan fingerprint density at radius 1 is 1.14 bits per heavy atom. The van der Waals surface area contributed by atoms with Gasteiger partial charge in [0.05, 0.1) is 6.04 Å². The number of carbonyl (C=O) groups excluding carboxylic acids is 2. The number of nitrogens with zero attached hydrogens (tertiary/aromatic N) is 2. The van der Waals surface area contributed by atoms with Crippen LogP contribution in [-0.4, -0.2) is 60.4 Å². The standard InChI is InChI=1S/C16H23N3O2/c1-3-17-15(20)13(2)18-9-11-19(12-10-18)16(21)14-7-5-4-6-8-14/h4-8,13H,3,9-12H2,1-2H3,(H,17,20)/t13-/m0/s1. The fourth-order valence-corrected chi connectivity index (χ4v) is 2.56. The van der Waals surface area contributed by atoms with Crippen LogP contribution in [0.4, 0.5) is 0 Å². The first kappa shape index (κ1) is 15.5. The van der Waals surface area contributed by atoms with E-state index in [-0.39, 0.29) is 17.9 Å². The van der Waals surface area contributed by atoms with Crippen molar-refractivity contribution in [3.05, 3.63) is 35.9 Å². The molecule has 1 aliphatic rings. The van der Waals surface area contributed by atoms with E-state index < -0.39 is 0 Å². The molecular weight excluding hydrogens is 266 g/mol. The van der Waals surface area contributed by atoms with Crippen molar-refractivity contribution in [2.75, 3.05) is 32.7 Å². The maximum atomic E-state index is 12.3. The Hall–Kier alpha value is -1.88. The summed E-state index contributed by atoms with van der Waals surface area (Å²) in [7, 11) is 0. The van der Waals surface area contributed by atoms with Gasteiger partial charge in [-0.25, -0.2) is 0 Å². The Labute approximate surface area is 125 Å². The van der Waals surface area contributed by atoms with Crippen molar-refractivity contribution in [1.29, 1.82) is 0 Å². The molecule has 1 aromatic carbocycles. The second kappa shape index (κ2) is 7.22. The zero-order valence-electron chi connectivity index (χ0n) is 12.7. The molecule has 0 aromatic heterocycles. The van der Waals surface area contributed by atoms with Gasteiger partial charge in [0.15, 0.2) is 0 Å². The van der Waals surface area contributed by atoms with Gasteiger partial charge in [0.1, 0.15) is 0 Å². The quantitative estimate of drug-likeness (QED) is 0.898. The van der Waals surface area contributed by atoms with E-state index in [1.807, 2.05) is 49.1 Å². The molecule has 0 spiro atoms.